The molecule has 26 heavy (non-hydrogen) atoms. The summed E-state index contributed by atoms with van der Waals surface area (Å²) in [7, 11) is 4.13. The van der Waals surface area contributed by atoms with Crippen LogP contribution in [0.4, 0.5) is 0 Å². The van der Waals surface area contributed by atoms with Crippen molar-refractivity contribution < 1.29 is 5.11 Å². The lowest BCUT2D eigenvalue weighted by molar-refractivity contribution is -0.0892. The molecule has 3 aromatic rings. The molecule has 4 rings (SSSR count). The van der Waals surface area contributed by atoms with Crippen LogP contribution in [0, 0.1) is 0 Å². The summed E-state index contributed by atoms with van der Waals surface area (Å²) in [6.45, 7) is 2.64. The molecule has 2 heterocycles. The molecule has 0 bridgehead atoms. The Morgan fingerprint density at radius 3 is 2.69 bits per heavy atom. The van der Waals surface area contributed by atoms with Gasteiger partial charge in [0.15, 0.2) is 0 Å². The summed E-state index contributed by atoms with van der Waals surface area (Å²) < 4.78 is 0. The normalized spacial score (nSPS) is 24.4. The van der Waals surface area contributed by atoms with Crippen molar-refractivity contribution >= 4 is 10.9 Å². The zero-order valence-electron chi connectivity index (χ0n) is 15.5. The highest BCUT2D eigenvalue weighted by Crippen LogP contribution is 2.36. The number of likely N-dealkylation sites (tertiary alicyclic amines) is 1. The first-order chi connectivity index (χ1) is 12.6. The van der Waals surface area contributed by atoms with Crippen molar-refractivity contribution in [1.29, 1.82) is 0 Å². The van der Waals surface area contributed by atoms with Crippen LogP contribution in [0.5, 0.6) is 0 Å². The summed E-state index contributed by atoms with van der Waals surface area (Å²) in [6, 6.07) is 18.8. The second-order valence-corrected chi connectivity index (χ2v) is 7.61. The molecule has 1 aromatic heterocycles. The van der Waals surface area contributed by atoms with Gasteiger partial charge in [-0.15, -0.1) is 0 Å². The minimum absolute atomic E-state index is 0.0593. The predicted molar refractivity (Wildman–Crippen MR) is 106 cm³/mol. The minimum Gasteiger partial charge on any atom is -0.383 e. The van der Waals surface area contributed by atoms with Gasteiger partial charge in [-0.2, -0.15) is 0 Å². The summed E-state index contributed by atoms with van der Waals surface area (Å²) in [5.41, 5.74) is 2.74. The number of aliphatic hydroxyl groups is 1. The van der Waals surface area contributed by atoms with Gasteiger partial charge < -0.3 is 15.0 Å². The molecule has 0 aliphatic carbocycles. The highest BCUT2D eigenvalue weighted by atomic mass is 16.3. The molecule has 1 fully saturated rings. The number of aromatic nitrogens is 1. The van der Waals surface area contributed by atoms with Crippen molar-refractivity contribution in [1.82, 2.24) is 14.8 Å². The van der Waals surface area contributed by atoms with Crippen LogP contribution in [0.15, 0.2) is 60.8 Å². The molecular weight excluding hydrogens is 322 g/mol. The van der Waals surface area contributed by atoms with Gasteiger partial charge in [0.25, 0.3) is 0 Å². The molecule has 2 atom stereocenters. The van der Waals surface area contributed by atoms with Gasteiger partial charge in [0.2, 0.25) is 0 Å². The smallest absolute Gasteiger partial charge is 0.107 e. The Morgan fingerprint density at radius 2 is 1.92 bits per heavy atom. The number of hydrogen-bond acceptors (Lipinski definition) is 3. The molecule has 1 aliphatic rings. The quantitative estimate of drug-likeness (QED) is 0.760. The van der Waals surface area contributed by atoms with Crippen LogP contribution in [0.25, 0.3) is 10.9 Å². The van der Waals surface area contributed by atoms with E-state index in [0.717, 1.165) is 31.6 Å². The zero-order chi connectivity index (χ0) is 18.1. The molecule has 4 nitrogen and oxygen atoms in total. The maximum absolute atomic E-state index is 11.5. The van der Waals surface area contributed by atoms with Gasteiger partial charge in [-0.1, -0.05) is 42.5 Å². The van der Waals surface area contributed by atoms with Crippen molar-refractivity contribution in [2.24, 2.45) is 0 Å². The SMILES string of the molecule is CN(C)[C@@H]1CN(Cc2cccc3[nH]ccc23)CC[C@]1(O)c1ccccc1. The molecule has 136 valence electrons. The number of likely N-dealkylation sites (N-methyl/N-ethyl adjacent to an activating group) is 1. The fourth-order valence-electron chi connectivity index (χ4n) is 4.31. The molecule has 1 saturated heterocycles. The van der Waals surface area contributed by atoms with Gasteiger partial charge in [-0.3, -0.25) is 4.90 Å². The number of H-pyrrole nitrogens is 1. The maximum atomic E-state index is 11.5. The lowest BCUT2D eigenvalue weighted by Crippen LogP contribution is -2.58. The van der Waals surface area contributed by atoms with Gasteiger partial charge in [-0.05, 0) is 43.8 Å². The van der Waals surface area contributed by atoms with Gasteiger partial charge in [0, 0.05) is 36.7 Å². The van der Waals surface area contributed by atoms with Crippen LogP contribution in [-0.2, 0) is 12.1 Å². The zero-order valence-corrected chi connectivity index (χ0v) is 15.5. The molecule has 0 amide bonds. The van der Waals surface area contributed by atoms with E-state index < -0.39 is 5.60 Å². The molecular formula is C22H27N3O. The highest BCUT2D eigenvalue weighted by Gasteiger charge is 2.43. The molecule has 2 aromatic carbocycles. The Morgan fingerprint density at radius 1 is 1.12 bits per heavy atom. The third-order valence-electron chi connectivity index (χ3n) is 5.77. The van der Waals surface area contributed by atoms with Crippen LogP contribution in [-0.4, -0.2) is 53.1 Å². The van der Waals surface area contributed by atoms with Crippen LogP contribution < -0.4 is 0 Å². The second kappa shape index (κ2) is 6.88. The molecule has 0 saturated carbocycles. The first-order valence-corrected chi connectivity index (χ1v) is 9.29. The average molecular weight is 349 g/mol. The lowest BCUT2D eigenvalue weighted by Gasteiger charge is -2.47. The van der Waals surface area contributed by atoms with E-state index in [1.807, 2.05) is 36.5 Å². The predicted octanol–water partition coefficient (Wildman–Crippen LogP) is 3.19. The van der Waals surface area contributed by atoms with Crippen LogP contribution in [0.3, 0.4) is 0 Å². The number of rotatable bonds is 4. The van der Waals surface area contributed by atoms with E-state index in [-0.39, 0.29) is 6.04 Å². The first kappa shape index (κ1) is 17.3. The summed E-state index contributed by atoms with van der Waals surface area (Å²) in [6.07, 6.45) is 2.74. The van der Waals surface area contributed by atoms with E-state index in [0.29, 0.717) is 0 Å². The Hall–Kier alpha value is -2.14. The van der Waals surface area contributed by atoms with E-state index in [4.69, 9.17) is 0 Å². The maximum Gasteiger partial charge on any atom is 0.107 e. The van der Waals surface area contributed by atoms with Crippen LogP contribution in [0.2, 0.25) is 0 Å². The van der Waals surface area contributed by atoms with Crippen molar-refractivity contribution in [3.05, 3.63) is 71.9 Å². The third kappa shape index (κ3) is 3.05. The van der Waals surface area contributed by atoms with Crippen molar-refractivity contribution in [2.75, 3.05) is 27.2 Å². The summed E-state index contributed by atoms with van der Waals surface area (Å²) >= 11 is 0. The van der Waals surface area contributed by atoms with Gasteiger partial charge in [0.05, 0.1) is 6.04 Å². The van der Waals surface area contributed by atoms with Gasteiger partial charge in [-0.25, -0.2) is 0 Å². The molecule has 4 heteroatoms. The average Bonchev–Trinajstić information content (AvgIpc) is 3.14. The third-order valence-corrected chi connectivity index (χ3v) is 5.77. The van der Waals surface area contributed by atoms with Crippen molar-refractivity contribution in [3.8, 4) is 0 Å². The first-order valence-electron chi connectivity index (χ1n) is 9.29. The Labute approximate surface area is 155 Å². The Bertz CT molecular complexity index is 873. The monoisotopic (exact) mass is 349 g/mol. The highest BCUT2D eigenvalue weighted by molar-refractivity contribution is 5.82. The number of nitrogens with one attached hydrogen (secondary N) is 1. The number of hydrogen-bond donors (Lipinski definition) is 2. The fourth-order valence-corrected chi connectivity index (χ4v) is 4.31. The van der Waals surface area contributed by atoms with Crippen molar-refractivity contribution in [2.45, 2.75) is 24.6 Å². The topological polar surface area (TPSA) is 42.5 Å². The van der Waals surface area contributed by atoms with Crippen molar-refractivity contribution in [3.63, 3.8) is 0 Å². The van der Waals surface area contributed by atoms with E-state index in [1.165, 1.54) is 16.5 Å². The van der Waals surface area contributed by atoms with Crippen LogP contribution >= 0.6 is 0 Å². The molecule has 1 aliphatic heterocycles. The minimum atomic E-state index is -0.804. The summed E-state index contributed by atoms with van der Waals surface area (Å²) in [5, 5.41) is 12.8. The largest absolute Gasteiger partial charge is 0.383 e. The standard InChI is InChI=1S/C22H27N3O/c1-24(2)21-16-25(14-12-22(21,26)18-8-4-3-5-9-18)15-17-7-6-10-20-19(17)11-13-23-20/h3-11,13,21,23,26H,12,14-16H2,1-2H3/t21-,22+/m1/s1. The Balaban J connectivity index is 1.58. The van der Waals surface area contributed by atoms with E-state index in [2.05, 4.69) is 53.1 Å². The molecule has 0 radical (unpaired) electrons. The number of aromatic amines is 1. The van der Waals surface area contributed by atoms with Gasteiger partial charge in [0.1, 0.15) is 5.60 Å². The number of piperidine rings is 1. The van der Waals surface area contributed by atoms with E-state index in [9.17, 15) is 5.11 Å². The lowest BCUT2D eigenvalue weighted by atomic mass is 9.79. The summed E-state index contributed by atoms with van der Waals surface area (Å²) in [4.78, 5) is 7.92. The molecule has 0 spiro atoms. The van der Waals surface area contributed by atoms with E-state index in [1.54, 1.807) is 0 Å². The fraction of sp³-hybridized carbons (Fsp3) is 0.364. The van der Waals surface area contributed by atoms with E-state index >= 15 is 0 Å². The van der Waals surface area contributed by atoms with Gasteiger partial charge >= 0.3 is 0 Å². The summed E-state index contributed by atoms with van der Waals surface area (Å²) in [5.74, 6) is 0. The number of nitrogens with zero attached hydrogens (tertiary/aromatic N) is 2. The number of benzene rings is 2. The second-order valence-electron chi connectivity index (χ2n) is 7.61. The molecule has 0 unspecified atom stereocenters. The van der Waals surface area contributed by atoms with Crippen LogP contribution in [0.1, 0.15) is 17.5 Å². The number of fused-ring (bicyclic) bond motifs is 1. The molecule has 2 N–H and O–H groups in total. The Kier molecular flexibility index (Phi) is 4.57.